The second-order valence-electron chi connectivity index (χ2n) is 6.16. The molecule has 1 aromatic rings. The van der Waals surface area contributed by atoms with Crippen molar-refractivity contribution in [2.75, 3.05) is 50.1 Å². The number of rotatable bonds is 5. The lowest BCUT2D eigenvalue weighted by molar-refractivity contribution is -0.900. The average Bonchev–Trinajstić information content (AvgIpc) is 2.46. The highest BCUT2D eigenvalue weighted by atomic mass is 32.2. The summed E-state index contributed by atoms with van der Waals surface area (Å²) in [6, 6.07) is 4.40. The summed E-state index contributed by atoms with van der Waals surface area (Å²) >= 11 is 0. The van der Waals surface area contributed by atoms with E-state index < -0.39 is 19.7 Å². The van der Waals surface area contributed by atoms with E-state index in [1.807, 2.05) is 4.90 Å². The monoisotopic (exact) mass is 361 g/mol. The minimum Gasteiger partial charge on any atom is -0.359 e. The van der Waals surface area contributed by atoms with Crippen molar-refractivity contribution in [2.24, 2.45) is 0 Å². The normalized spacial score (nSPS) is 17.4. The van der Waals surface area contributed by atoms with E-state index in [-0.39, 0.29) is 9.79 Å². The van der Waals surface area contributed by atoms with Gasteiger partial charge in [0, 0.05) is 12.5 Å². The van der Waals surface area contributed by atoms with E-state index in [2.05, 4.69) is 6.92 Å². The molecule has 1 aliphatic rings. The zero-order valence-corrected chi connectivity index (χ0v) is 15.5. The highest BCUT2D eigenvalue weighted by molar-refractivity contribution is 7.91. The van der Waals surface area contributed by atoms with Crippen molar-refractivity contribution >= 4 is 25.4 Å². The maximum absolute atomic E-state index is 12.1. The van der Waals surface area contributed by atoms with E-state index in [0.717, 1.165) is 51.7 Å². The summed E-state index contributed by atoms with van der Waals surface area (Å²) in [5, 5.41) is 0. The minimum absolute atomic E-state index is 0.0388. The molecule has 0 aromatic heterocycles. The van der Waals surface area contributed by atoms with Gasteiger partial charge in [0.25, 0.3) is 0 Å². The molecule has 0 radical (unpaired) electrons. The highest BCUT2D eigenvalue weighted by Gasteiger charge is 2.25. The van der Waals surface area contributed by atoms with E-state index in [4.69, 9.17) is 0 Å². The van der Waals surface area contributed by atoms with Gasteiger partial charge in [-0.3, -0.25) is 0 Å². The molecule has 1 aromatic carbocycles. The molecule has 8 heteroatoms. The predicted octanol–water partition coefficient (Wildman–Crippen LogP) is -0.391. The standard InChI is InChI=1S/C15H24N2O4S2/c1-4-7-16-8-10-17(11-9-16)14-6-5-13(22(2,18)19)12-15(14)23(3,20)21/h5-6,12H,4,7-11H2,1-3H3/p+1. The van der Waals surface area contributed by atoms with Gasteiger partial charge in [-0.15, -0.1) is 0 Å². The van der Waals surface area contributed by atoms with Crippen LogP contribution in [0.3, 0.4) is 0 Å². The summed E-state index contributed by atoms with van der Waals surface area (Å²) in [5.41, 5.74) is 0.607. The lowest BCUT2D eigenvalue weighted by Gasteiger charge is -2.34. The van der Waals surface area contributed by atoms with Gasteiger partial charge in [-0.2, -0.15) is 0 Å². The number of sulfone groups is 2. The van der Waals surface area contributed by atoms with Crippen molar-refractivity contribution in [2.45, 2.75) is 23.1 Å². The second-order valence-corrected chi connectivity index (χ2v) is 10.2. The van der Waals surface area contributed by atoms with Gasteiger partial charge < -0.3 is 9.80 Å². The molecule has 0 unspecified atom stereocenters. The number of benzene rings is 1. The maximum Gasteiger partial charge on any atom is 0.177 e. The molecular weight excluding hydrogens is 336 g/mol. The van der Waals surface area contributed by atoms with Gasteiger partial charge in [0.2, 0.25) is 0 Å². The minimum atomic E-state index is -3.50. The first-order valence-electron chi connectivity index (χ1n) is 7.75. The SMILES string of the molecule is CCC[NH+]1CCN(c2ccc(S(C)(=O)=O)cc2S(C)(=O)=O)CC1. The number of nitrogens with one attached hydrogen (secondary N) is 1. The Morgan fingerprint density at radius 2 is 1.65 bits per heavy atom. The Balaban J connectivity index is 2.36. The number of nitrogens with zero attached hydrogens (tertiary/aromatic N) is 1. The number of hydrogen-bond donors (Lipinski definition) is 1. The Kier molecular flexibility index (Phi) is 5.37. The van der Waals surface area contributed by atoms with Gasteiger partial charge >= 0.3 is 0 Å². The third-order valence-electron chi connectivity index (χ3n) is 4.17. The van der Waals surface area contributed by atoms with Gasteiger partial charge in [0.1, 0.15) is 0 Å². The molecule has 0 amide bonds. The van der Waals surface area contributed by atoms with Gasteiger partial charge in [-0.25, -0.2) is 16.8 Å². The highest BCUT2D eigenvalue weighted by Crippen LogP contribution is 2.28. The van der Waals surface area contributed by atoms with Crippen LogP contribution in [0.5, 0.6) is 0 Å². The topological polar surface area (TPSA) is 76.0 Å². The molecule has 0 bridgehead atoms. The zero-order valence-electron chi connectivity index (χ0n) is 13.9. The quantitative estimate of drug-likeness (QED) is 0.773. The van der Waals surface area contributed by atoms with Crippen molar-refractivity contribution < 1.29 is 21.7 Å². The molecule has 1 saturated heterocycles. The van der Waals surface area contributed by atoms with Crippen LogP contribution in [0.25, 0.3) is 0 Å². The van der Waals surface area contributed by atoms with E-state index in [0.29, 0.717) is 5.69 Å². The number of anilines is 1. The van der Waals surface area contributed by atoms with Crippen molar-refractivity contribution in [3.05, 3.63) is 18.2 Å². The predicted molar refractivity (Wildman–Crippen MR) is 90.7 cm³/mol. The first kappa shape index (κ1) is 18.2. The Labute approximate surface area is 138 Å². The van der Waals surface area contributed by atoms with Crippen LogP contribution in [0.2, 0.25) is 0 Å². The second kappa shape index (κ2) is 6.78. The maximum atomic E-state index is 12.1. The van der Waals surface area contributed by atoms with Crippen molar-refractivity contribution in [1.82, 2.24) is 0 Å². The van der Waals surface area contributed by atoms with Gasteiger partial charge in [-0.1, -0.05) is 6.92 Å². The molecule has 6 nitrogen and oxygen atoms in total. The van der Waals surface area contributed by atoms with E-state index in [1.54, 1.807) is 6.07 Å². The fourth-order valence-corrected chi connectivity index (χ4v) is 4.59. The molecule has 0 atom stereocenters. The largest absolute Gasteiger partial charge is 0.359 e. The smallest absolute Gasteiger partial charge is 0.177 e. The summed E-state index contributed by atoms with van der Waals surface area (Å²) in [4.78, 5) is 3.70. The van der Waals surface area contributed by atoms with Gasteiger partial charge in [0.05, 0.1) is 48.2 Å². The Morgan fingerprint density at radius 1 is 1.04 bits per heavy atom. The van der Waals surface area contributed by atoms with Crippen LogP contribution < -0.4 is 9.80 Å². The third-order valence-corrected chi connectivity index (χ3v) is 6.41. The Bertz CT molecular complexity index is 765. The van der Waals surface area contributed by atoms with Crippen molar-refractivity contribution in [3.8, 4) is 0 Å². The molecule has 0 spiro atoms. The van der Waals surface area contributed by atoms with Crippen molar-refractivity contribution in [1.29, 1.82) is 0 Å². The molecule has 1 heterocycles. The van der Waals surface area contributed by atoms with Crippen LogP contribution in [0.15, 0.2) is 28.0 Å². The molecule has 23 heavy (non-hydrogen) atoms. The third kappa shape index (κ3) is 4.45. The van der Waals surface area contributed by atoms with E-state index in [9.17, 15) is 16.8 Å². The fraction of sp³-hybridized carbons (Fsp3) is 0.600. The Hall–Kier alpha value is -1.12. The summed E-state index contributed by atoms with van der Waals surface area (Å²) in [6.07, 6.45) is 3.34. The molecule has 0 aliphatic carbocycles. The Morgan fingerprint density at radius 3 is 2.13 bits per heavy atom. The van der Waals surface area contributed by atoms with E-state index in [1.165, 1.54) is 17.0 Å². The summed E-state index contributed by atoms with van der Waals surface area (Å²) in [6.45, 7) is 6.76. The summed E-state index contributed by atoms with van der Waals surface area (Å²) < 4.78 is 47.6. The van der Waals surface area contributed by atoms with Gasteiger partial charge in [0.15, 0.2) is 19.7 Å². The summed E-state index contributed by atoms with van der Waals surface area (Å²) in [7, 11) is -6.94. The van der Waals surface area contributed by atoms with E-state index >= 15 is 0 Å². The lowest BCUT2D eigenvalue weighted by atomic mass is 10.2. The molecule has 2 rings (SSSR count). The van der Waals surface area contributed by atoms with Crippen LogP contribution in [-0.4, -0.2) is 62.1 Å². The molecular formula is C15H25N2O4S2+. The number of hydrogen-bond acceptors (Lipinski definition) is 5. The van der Waals surface area contributed by atoms with Crippen molar-refractivity contribution in [3.63, 3.8) is 0 Å². The number of piperazine rings is 1. The van der Waals surface area contributed by atoms with Crippen LogP contribution in [0.4, 0.5) is 5.69 Å². The van der Waals surface area contributed by atoms with Crippen LogP contribution in [0, 0.1) is 0 Å². The first-order chi connectivity index (χ1) is 10.6. The number of quaternary nitrogens is 1. The molecule has 1 N–H and O–H groups in total. The first-order valence-corrected chi connectivity index (χ1v) is 11.5. The van der Waals surface area contributed by atoms with Crippen LogP contribution in [-0.2, 0) is 19.7 Å². The molecule has 1 aliphatic heterocycles. The van der Waals surface area contributed by atoms with Crippen LogP contribution in [0.1, 0.15) is 13.3 Å². The zero-order chi connectivity index (χ0) is 17.3. The molecule has 0 saturated carbocycles. The van der Waals surface area contributed by atoms with Crippen LogP contribution >= 0.6 is 0 Å². The lowest BCUT2D eigenvalue weighted by Crippen LogP contribution is -3.14. The summed E-state index contributed by atoms with van der Waals surface area (Å²) in [5.74, 6) is 0. The molecule has 130 valence electrons. The molecule has 1 fully saturated rings. The average molecular weight is 362 g/mol. The van der Waals surface area contributed by atoms with Gasteiger partial charge in [-0.05, 0) is 24.6 Å². The fourth-order valence-electron chi connectivity index (χ4n) is 2.95.